The van der Waals surface area contributed by atoms with Crippen molar-refractivity contribution in [3.63, 3.8) is 0 Å². The molecule has 0 spiro atoms. The summed E-state index contributed by atoms with van der Waals surface area (Å²) in [6.45, 7) is 2.08. The van der Waals surface area contributed by atoms with Crippen LogP contribution in [0.1, 0.15) is 6.42 Å². The molecule has 0 aromatic carbocycles. The molecule has 0 bridgehead atoms. The topological polar surface area (TPSA) is 67.1 Å². The van der Waals surface area contributed by atoms with Crippen LogP contribution in [-0.4, -0.2) is 38.9 Å². The maximum atomic E-state index is 4.35. The summed E-state index contributed by atoms with van der Waals surface area (Å²) < 4.78 is 1.67. The Bertz CT molecular complexity index is 458. The van der Waals surface area contributed by atoms with E-state index in [4.69, 9.17) is 0 Å². The third-order valence-electron chi connectivity index (χ3n) is 2.57. The summed E-state index contributed by atoms with van der Waals surface area (Å²) in [4.78, 5) is 0. The van der Waals surface area contributed by atoms with E-state index in [0.29, 0.717) is 6.04 Å². The van der Waals surface area contributed by atoms with Crippen LogP contribution in [0.3, 0.4) is 0 Å². The SMILES string of the molecule is c1cc2nncn2nc1N[C@@H]1CCNC1. The van der Waals surface area contributed by atoms with Crippen LogP contribution in [0, 0.1) is 0 Å². The van der Waals surface area contributed by atoms with Crippen molar-refractivity contribution >= 4 is 11.5 Å². The molecule has 1 fully saturated rings. The van der Waals surface area contributed by atoms with Crippen molar-refractivity contribution in [2.45, 2.75) is 12.5 Å². The third kappa shape index (κ3) is 1.63. The van der Waals surface area contributed by atoms with Crippen LogP contribution in [0.25, 0.3) is 5.65 Å². The van der Waals surface area contributed by atoms with Crippen LogP contribution in [0.4, 0.5) is 5.82 Å². The summed E-state index contributed by atoms with van der Waals surface area (Å²) in [6, 6.07) is 4.32. The zero-order valence-corrected chi connectivity index (χ0v) is 8.22. The minimum absolute atomic E-state index is 0.478. The lowest BCUT2D eigenvalue weighted by Gasteiger charge is -2.11. The van der Waals surface area contributed by atoms with E-state index in [1.165, 1.54) is 0 Å². The van der Waals surface area contributed by atoms with Gasteiger partial charge in [0.05, 0.1) is 0 Å². The van der Waals surface area contributed by atoms with E-state index in [-0.39, 0.29) is 0 Å². The lowest BCUT2D eigenvalue weighted by molar-refractivity contribution is 0.777. The maximum absolute atomic E-state index is 4.35. The second kappa shape index (κ2) is 3.47. The molecular formula is C9H12N6. The Morgan fingerprint density at radius 3 is 3.33 bits per heavy atom. The van der Waals surface area contributed by atoms with Crippen molar-refractivity contribution in [1.82, 2.24) is 25.1 Å². The van der Waals surface area contributed by atoms with E-state index in [1.54, 1.807) is 10.8 Å². The molecule has 0 unspecified atom stereocenters. The van der Waals surface area contributed by atoms with Crippen molar-refractivity contribution in [1.29, 1.82) is 0 Å². The highest BCUT2D eigenvalue weighted by atomic mass is 15.4. The number of nitrogens with zero attached hydrogens (tertiary/aromatic N) is 4. The normalized spacial score (nSPS) is 20.9. The van der Waals surface area contributed by atoms with E-state index in [0.717, 1.165) is 31.0 Å². The number of rotatable bonds is 2. The molecular weight excluding hydrogens is 192 g/mol. The van der Waals surface area contributed by atoms with Gasteiger partial charge in [-0.05, 0) is 25.1 Å². The zero-order chi connectivity index (χ0) is 10.1. The molecule has 1 saturated heterocycles. The number of nitrogens with one attached hydrogen (secondary N) is 2. The zero-order valence-electron chi connectivity index (χ0n) is 8.22. The summed E-state index contributed by atoms with van der Waals surface area (Å²) in [5.41, 5.74) is 0.769. The van der Waals surface area contributed by atoms with Gasteiger partial charge in [0.25, 0.3) is 0 Å². The smallest absolute Gasteiger partial charge is 0.177 e. The quantitative estimate of drug-likeness (QED) is 0.715. The number of fused-ring (bicyclic) bond motifs is 1. The Morgan fingerprint density at radius 2 is 2.47 bits per heavy atom. The highest BCUT2D eigenvalue weighted by Crippen LogP contribution is 2.09. The number of hydrogen-bond donors (Lipinski definition) is 2. The summed E-state index contributed by atoms with van der Waals surface area (Å²) in [6.07, 6.45) is 2.75. The second-order valence-corrected chi connectivity index (χ2v) is 3.69. The minimum atomic E-state index is 0.478. The molecule has 2 aromatic heterocycles. The maximum Gasteiger partial charge on any atom is 0.177 e. The Morgan fingerprint density at radius 1 is 1.47 bits per heavy atom. The molecule has 3 rings (SSSR count). The van der Waals surface area contributed by atoms with Crippen LogP contribution >= 0.6 is 0 Å². The van der Waals surface area contributed by atoms with Gasteiger partial charge >= 0.3 is 0 Å². The van der Waals surface area contributed by atoms with Crippen molar-refractivity contribution in [3.8, 4) is 0 Å². The fourth-order valence-electron chi connectivity index (χ4n) is 1.79. The van der Waals surface area contributed by atoms with Gasteiger partial charge < -0.3 is 10.6 Å². The molecule has 15 heavy (non-hydrogen) atoms. The number of anilines is 1. The first-order valence-corrected chi connectivity index (χ1v) is 5.06. The van der Waals surface area contributed by atoms with Crippen molar-refractivity contribution in [3.05, 3.63) is 18.5 Å². The monoisotopic (exact) mass is 204 g/mol. The lowest BCUT2D eigenvalue weighted by atomic mass is 10.2. The first-order valence-electron chi connectivity index (χ1n) is 5.06. The predicted molar refractivity (Wildman–Crippen MR) is 55.7 cm³/mol. The Kier molecular flexibility index (Phi) is 1.99. The van der Waals surface area contributed by atoms with E-state index in [1.807, 2.05) is 12.1 Å². The van der Waals surface area contributed by atoms with Crippen LogP contribution in [0.2, 0.25) is 0 Å². The molecule has 1 atom stereocenters. The average Bonchev–Trinajstić information content (AvgIpc) is 2.87. The van der Waals surface area contributed by atoms with E-state index in [2.05, 4.69) is 25.9 Å². The molecule has 1 aliphatic heterocycles. The fraction of sp³-hybridized carbons (Fsp3) is 0.444. The van der Waals surface area contributed by atoms with Gasteiger partial charge in [0, 0.05) is 12.6 Å². The molecule has 1 aliphatic rings. The number of hydrogen-bond acceptors (Lipinski definition) is 5. The molecule has 6 heteroatoms. The van der Waals surface area contributed by atoms with Gasteiger partial charge in [-0.25, -0.2) is 0 Å². The van der Waals surface area contributed by atoms with Crippen molar-refractivity contribution in [2.24, 2.45) is 0 Å². The van der Waals surface area contributed by atoms with Crippen molar-refractivity contribution < 1.29 is 0 Å². The molecule has 78 valence electrons. The van der Waals surface area contributed by atoms with E-state index >= 15 is 0 Å². The molecule has 3 heterocycles. The first kappa shape index (κ1) is 8.60. The molecule has 2 N–H and O–H groups in total. The Hall–Kier alpha value is -1.69. The van der Waals surface area contributed by atoms with E-state index in [9.17, 15) is 0 Å². The second-order valence-electron chi connectivity index (χ2n) is 3.69. The summed E-state index contributed by atoms with van der Waals surface area (Å²) in [7, 11) is 0. The van der Waals surface area contributed by atoms with Crippen LogP contribution in [0.5, 0.6) is 0 Å². The van der Waals surface area contributed by atoms with Gasteiger partial charge in [0.2, 0.25) is 0 Å². The van der Waals surface area contributed by atoms with Crippen molar-refractivity contribution in [2.75, 3.05) is 18.4 Å². The largest absolute Gasteiger partial charge is 0.365 e. The summed E-state index contributed by atoms with van der Waals surface area (Å²) >= 11 is 0. The highest BCUT2D eigenvalue weighted by Gasteiger charge is 2.14. The number of aromatic nitrogens is 4. The lowest BCUT2D eigenvalue weighted by Crippen LogP contribution is -2.23. The fourth-order valence-corrected chi connectivity index (χ4v) is 1.79. The van der Waals surface area contributed by atoms with Gasteiger partial charge in [-0.15, -0.1) is 15.3 Å². The van der Waals surface area contributed by atoms with E-state index < -0.39 is 0 Å². The molecule has 0 radical (unpaired) electrons. The molecule has 0 aliphatic carbocycles. The van der Waals surface area contributed by atoms with Gasteiger partial charge in [-0.1, -0.05) is 0 Å². The molecule has 2 aromatic rings. The van der Waals surface area contributed by atoms with Gasteiger partial charge in [-0.3, -0.25) is 0 Å². The summed E-state index contributed by atoms with van der Waals surface area (Å²) in [5.74, 6) is 0.871. The Balaban J connectivity index is 1.84. The average molecular weight is 204 g/mol. The van der Waals surface area contributed by atoms with Crippen LogP contribution in [-0.2, 0) is 0 Å². The standard InChI is InChI=1S/C9H12N6/c1-2-9-13-11-6-15(9)14-8(1)12-7-3-4-10-5-7/h1-2,6-7,10H,3-5H2,(H,12,14)/t7-/m1/s1. The van der Waals surface area contributed by atoms with Gasteiger partial charge in [0.15, 0.2) is 5.65 Å². The summed E-state index contributed by atoms with van der Waals surface area (Å²) in [5, 5.41) is 18.7. The first-order chi connectivity index (χ1) is 7.42. The predicted octanol–water partition coefficient (Wildman–Crippen LogP) is -0.102. The molecule has 0 amide bonds. The minimum Gasteiger partial charge on any atom is -0.365 e. The Labute approximate surface area is 86.7 Å². The van der Waals surface area contributed by atoms with Crippen LogP contribution < -0.4 is 10.6 Å². The molecule has 0 saturated carbocycles. The third-order valence-corrected chi connectivity index (χ3v) is 2.57. The highest BCUT2D eigenvalue weighted by molar-refractivity contribution is 5.43. The molecule has 6 nitrogen and oxygen atoms in total. The van der Waals surface area contributed by atoms with Gasteiger partial charge in [-0.2, -0.15) is 4.52 Å². The van der Waals surface area contributed by atoms with Gasteiger partial charge in [0.1, 0.15) is 12.1 Å². The van der Waals surface area contributed by atoms with Crippen LogP contribution in [0.15, 0.2) is 18.5 Å².